The summed E-state index contributed by atoms with van der Waals surface area (Å²) in [5.74, 6) is -5.77. The van der Waals surface area contributed by atoms with Crippen LogP contribution in [0.1, 0.15) is 30.9 Å². The highest BCUT2D eigenvalue weighted by Crippen LogP contribution is 2.24. The normalized spacial score (nSPS) is 17.1. The van der Waals surface area contributed by atoms with Gasteiger partial charge in [0.05, 0.1) is 31.2 Å². The molecule has 13 nitrogen and oxygen atoms in total. The van der Waals surface area contributed by atoms with Gasteiger partial charge in [0, 0.05) is 6.42 Å². The average Bonchev–Trinajstić information content (AvgIpc) is 2.79. The van der Waals surface area contributed by atoms with Crippen molar-refractivity contribution in [1.29, 1.82) is 0 Å². The number of halogens is 1. The molecule has 11 N–H and O–H groups in total. The number of hydrogen-bond donors (Lipinski definition) is 9. The molecule has 6 atom stereocenters. The van der Waals surface area contributed by atoms with E-state index < -0.39 is 85.4 Å². The molecule has 0 aliphatic carbocycles. The van der Waals surface area contributed by atoms with Crippen molar-refractivity contribution in [2.75, 3.05) is 6.61 Å². The second kappa shape index (κ2) is 13.9. The maximum Gasteiger partial charge on any atom is 0.305 e. The molecule has 0 bridgehead atoms. The molecule has 1 amide bonds. The number of carboxylic acids is 2. The van der Waals surface area contributed by atoms with E-state index in [1.165, 1.54) is 12.1 Å². The van der Waals surface area contributed by atoms with E-state index in [-0.39, 0.29) is 12.4 Å². The number of aliphatic carboxylic acids is 2. The van der Waals surface area contributed by atoms with Crippen molar-refractivity contribution >= 4 is 36.0 Å². The lowest BCUT2D eigenvalue weighted by atomic mass is 9.81. The third kappa shape index (κ3) is 7.99. The Balaban J connectivity index is 0.0000109. The van der Waals surface area contributed by atoms with E-state index >= 15 is 0 Å². The Bertz CT molecular complexity index is 843. The average molecular weight is 508 g/mol. The van der Waals surface area contributed by atoms with Gasteiger partial charge in [0.15, 0.2) is 5.78 Å². The minimum absolute atomic E-state index is 0. The number of nitrogens with one attached hydrogen (secondary N) is 1. The van der Waals surface area contributed by atoms with Gasteiger partial charge in [0.25, 0.3) is 5.91 Å². The molecule has 0 aliphatic heterocycles. The van der Waals surface area contributed by atoms with Gasteiger partial charge in [-0.15, -0.1) is 12.4 Å². The van der Waals surface area contributed by atoms with Gasteiger partial charge in [-0.25, -0.2) is 0 Å². The topological polar surface area (TPSA) is 254 Å². The SMILES string of the molecule is Cl.N[C@@H](CCC(=O)O)C(=O)[C@@](O)(C(=O)N[C@@H](CC(=O)O)c1ccccc1)[C@H](O)[C@H](O)[C@@H](N)CO. The van der Waals surface area contributed by atoms with Crippen LogP contribution in [0.2, 0.25) is 0 Å². The molecule has 0 aliphatic rings. The number of rotatable bonds is 14. The van der Waals surface area contributed by atoms with E-state index in [1.54, 1.807) is 18.2 Å². The lowest BCUT2D eigenvalue weighted by Gasteiger charge is -2.36. The van der Waals surface area contributed by atoms with Crippen molar-refractivity contribution in [3.63, 3.8) is 0 Å². The zero-order valence-corrected chi connectivity index (χ0v) is 18.8. The number of hydrogen-bond acceptors (Lipinski definition) is 10. The van der Waals surface area contributed by atoms with Gasteiger partial charge < -0.3 is 47.4 Å². The van der Waals surface area contributed by atoms with E-state index in [9.17, 15) is 39.6 Å². The fourth-order valence-corrected chi connectivity index (χ4v) is 3.05. The molecule has 34 heavy (non-hydrogen) atoms. The van der Waals surface area contributed by atoms with Crippen LogP contribution in [0.3, 0.4) is 0 Å². The predicted octanol–water partition coefficient (Wildman–Crippen LogP) is -2.73. The lowest BCUT2D eigenvalue weighted by Crippen LogP contribution is -2.69. The van der Waals surface area contributed by atoms with Crippen LogP contribution in [0.15, 0.2) is 30.3 Å². The first-order valence-corrected chi connectivity index (χ1v) is 9.90. The molecule has 0 radical (unpaired) electrons. The molecule has 192 valence electrons. The molecule has 0 heterocycles. The fourth-order valence-electron chi connectivity index (χ4n) is 3.05. The number of carboxylic acid groups (broad SMARTS) is 2. The van der Waals surface area contributed by atoms with Crippen molar-refractivity contribution in [3.8, 4) is 0 Å². The van der Waals surface area contributed by atoms with E-state index in [0.717, 1.165) is 0 Å². The summed E-state index contributed by atoms with van der Waals surface area (Å²) in [6.07, 6.45) is -6.57. The minimum Gasteiger partial charge on any atom is -0.481 e. The Labute approximate surface area is 200 Å². The highest BCUT2D eigenvalue weighted by molar-refractivity contribution is 6.12. The Morgan fingerprint density at radius 2 is 1.56 bits per heavy atom. The van der Waals surface area contributed by atoms with Gasteiger partial charge in [-0.3, -0.25) is 19.2 Å². The first kappa shape index (κ1) is 31.4. The van der Waals surface area contributed by atoms with Gasteiger partial charge in [-0.2, -0.15) is 0 Å². The van der Waals surface area contributed by atoms with E-state index in [0.29, 0.717) is 5.56 Å². The summed E-state index contributed by atoms with van der Waals surface area (Å²) in [6, 6.07) is 3.08. The lowest BCUT2D eigenvalue weighted by molar-refractivity contribution is -0.177. The molecule has 0 unspecified atom stereocenters. The van der Waals surface area contributed by atoms with Crippen LogP contribution in [0.4, 0.5) is 0 Å². The van der Waals surface area contributed by atoms with Crippen LogP contribution in [0.5, 0.6) is 0 Å². The van der Waals surface area contributed by atoms with E-state index in [1.807, 2.05) is 0 Å². The van der Waals surface area contributed by atoms with Crippen LogP contribution < -0.4 is 16.8 Å². The molecule has 1 aromatic rings. The van der Waals surface area contributed by atoms with Gasteiger partial charge in [0.2, 0.25) is 5.60 Å². The summed E-state index contributed by atoms with van der Waals surface area (Å²) >= 11 is 0. The minimum atomic E-state index is -3.45. The van der Waals surface area contributed by atoms with Crippen LogP contribution in [-0.4, -0.2) is 90.8 Å². The number of Topliss-reactive ketones (excluding diaryl/α,β-unsaturated/α-hetero) is 1. The Kier molecular flexibility index (Phi) is 12.8. The molecule has 0 saturated carbocycles. The molecular weight excluding hydrogens is 478 g/mol. The van der Waals surface area contributed by atoms with Crippen molar-refractivity contribution in [3.05, 3.63) is 35.9 Å². The summed E-state index contributed by atoms with van der Waals surface area (Å²) in [6.45, 7) is -0.888. The molecule has 1 rings (SSSR count). The second-order valence-electron chi connectivity index (χ2n) is 7.49. The highest BCUT2D eigenvalue weighted by atomic mass is 35.5. The number of aliphatic hydroxyl groups excluding tert-OH is 3. The van der Waals surface area contributed by atoms with Crippen LogP contribution in [0, 0.1) is 0 Å². The quantitative estimate of drug-likeness (QED) is 0.116. The molecule has 14 heteroatoms. The molecule has 1 aromatic carbocycles. The summed E-state index contributed by atoms with van der Waals surface area (Å²) in [5.41, 5.74) is 7.93. The van der Waals surface area contributed by atoms with Gasteiger partial charge in [-0.1, -0.05) is 30.3 Å². The maximum atomic E-state index is 13.0. The zero-order chi connectivity index (χ0) is 25.3. The van der Waals surface area contributed by atoms with Crippen LogP contribution in [0.25, 0.3) is 0 Å². The fraction of sp³-hybridized carbons (Fsp3) is 0.500. The summed E-state index contributed by atoms with van der Waals surface area (Å²) in [5, 5.41) is 61.0. The molecule has 0 saturated heterocycles. The summed E-state index contributed by atoms with van der Waals surface area (Å²) in [4.78, 5) is 48.0. The first-order valence-electron chi connectivity index (χ1n) is 9.90. The number of aliphatic hydroxyl groups is 4. The summed E-state index contributed by atoms with van der Waals surface area (Å²) < 4.78 is 0. The number of benzene rings is 1. The van der Waals surface area contributed by atoms with Crippen LogP contribution in [-0.2, 0) is 19.2 Å². The monoisotopic (exact) mass is 507 g/mol. The Morgan fingerprint density at radius 3 is 2.03 bits per heavy atom. The smallest absolute Gasteiger partial charge is 0.305 e. The standard InChI is InChI=1S/C20H29N3O10.ClH/c21-11(6-7-14(25)26)17(30)20(33,18(31)16(29)12(22)9-24)19(32)23-13(8-15(27)28)10-4-2-1-3-5-10;/h1-5,11-13,16,18,24,29,31,33H,6-9,21-22H2,(H,23,32)(H,25,26)(H,27,28);1H/t11-,12-,13-,16+,18+,20-;/m0./s1. The largest absolute Gasteiger partial charge is 0.481 e. The predicted molar refractivity (Wildman–Crippen MR) is 119 cm³/mol. The molecule has 0 aromatic heterocycles. The van der Waals surface area contributed by atoms with Gasteiger partial charge in [-0.05, 0) is 12.0 Å². The van der Waals surface area contributed by atoms with E-state index in [4.69, 9.17) is 21.7 Å². The van der Waals surface area contributed by atoms with Crippen molar-refractivity contribution in [1.82, 2.24) is 5.32 Å². The third-order valence-corrected chi connectivity index (χ3v) is 5.01. The Morgan fingerprint density at radius 1 is 1.00 bits per heavy atom. The third-order valence-electron chi connectivity index (χ3n) is 5.01. The van der Waals surface area contributed by atoms with Gasteiger partial charge in [0.1, 0.15) is 12.2 Å². The highest BCUT2D eigenvalue weighted by Gasteiger charge is 2.55. The summed E-state index contributed by atoms with van der Waals surface area (Å²) in [7, 11) is 0. The van der Waals surface area contributed by atoms with Crippen LogP contribution >= 0.6 is 12.4 Å². The van der Waals surface area contributed by atoms with E-state index in [2.05, 4.69) is 5.32 Å². The van der Waals surface area contributed by atoms with Gasteiger partial charge >= 0.3 is 11.9 Å². The zero-order valence-electron chi connectivity index (χ0n) is 18.0. The van der Waals surface area contributed by atoms with Crippen molar-refractivity contribution < 1.29 is 49.8 Å². The number of carbonyl (C=O) groups excluding carboxylic acids is 2. The Hall–Kier alpha value is -2.65. The van der Waals surface area contributed by atoms with Crippen molar-refractivity contribution in [2.45, 2.75) is 55.2 Å². The second-order valence-corrected chi connectivity index (χ2v) is 7.49. The number of ketones is 1. The number of nitrogens with two attached hydrogens (primary N) is 2. The first-order chi connectivity index (χ1) is 15.4. The number of carbonyl (C=O) groups is 4. The maximum absolute atomic E-state index is 13.0. The number of amides is 1. The molecular formula is C20H30ClN3O10. The molecule has 0 fully saturated rings. The van der Waals surface area contributed by atoms with Crippen molar-refractivity contribution in [2.24, 2.45) is 11.5 Å². The molecule has 0 spiro atoms.